The highest BCUT2D eigenvalue weighted by Gasteiger charge is 2.32. The Labute approximate surface area is 207 Å². The van der Waals surface area contributed by atoms with E-state index >= 15 is 0 Å². The SMILES string of the molecule is CN1CCN(c2ccc(C(N)=O)c3c2C[C@H](N(Cc2ccccc2)Cc2ccccc2)CO3)CC1. The van der Waals surface area contributed by atoms with Gasteiger partial charge in [0, 0.05) is 56.6 Å². The Hall–Kier alpha value is -3.35. The van der Waals surface area contributed by atoms with Crippen LogP contribution in [0.4, 0.5) is 5.69 Å². The molecule has 0 unspecified atom stereocenters. The molecule has 2 heterocycles. The third-order valence-electron chi connectivity index (χ3n) is 7.18. The van der Waals surface area contributed by atoms with Gasteiger partial charge in [0.15, 0.2) is 0 Å². The molecule has 0 radical (unpaired) electrons. The highest BCUT2D eigenvalue weighted by Crippen LogP contribution is 2.38. The van der Waals surface area contributed by atoms with Crippen molar-refractivity contribution in [2.45, 2.75) is 25.6 Å². The number of piperazine rings is 1. The quantitative estimate of drug-likeness (QED) is 0.572. The number of benzene rings is 3. The van der Waals surface area contributed by atoms with Crippen molar-refractivity contribution in [1.29, 1.82) is 0 Å². The lowest BCUT2D eigenvalue weighted by molar-refractivity contribution is 0.0960. The molecule has 6 heteroatoms. The number of nitrogens with two attached hydrogens (primary N) is 1. The third kappa shape index (κ3) is 5.34. The van der Waals surface area contributed by atoms with E-state index in [4.69, 9.17) is 10.5 Å². The van der Waals surface area contributed by atoms with Crippen molar-refractivity contribution in [1.82, 2.24) is 9.80 Å². The molecule has 5 rings (SSSR count). The second kappa shape index (κ2) is 10.5. The molecular weight excluding hydrogens is 436 g/mol. The summed E-state index contributed by atoms with van der Waals surface area (Å²) in [5.74, 6) is 0.236. The van der Waals surface area contributed by atoms with Gasteiger partial charge in [0.25, 0.3) is 5.91 Å². The Morgan fingerprint density at radius 1 is 0.914 bits per heavy atom. The summed E-state index contributed by atoms with van der Waals surface area (Å²) < 4.78 is 6.36. The number of fused-ring (bicyclic) bond motifs is 1. The number of carbonyl (C=O) groups excluding carboxylic acids is 1. The molecule has 6 nitrogen and oxygen atoms in total. The number of carbonyl (C=O) groups is 1. The van der Waals surface area contributed by atoms with Crippen LogP contribution in [0.15, 0.2) is 72.8 Å². The molecule has 2 aliphatic rings. The summed E-state index contributed by atoms with van der Waals surface area (Å²) in [4.78, 5) is 19.5. The lowest BCUT2D eigenvalue weighted by Crippen LogP contribution is -2.46. The van der Waals surface area contributed by atoms with E-state index in [-0.39, 0.29) is 6.04 Å². The first-order valence-corrected chi connectivity index (χ1v) is 12.4. The molecule has 0 spiro atoms. The molecule has 0 saturated carbocycles. The van der Waals surface area contributed by atoms with E-state index < -0.39 is 5.91 Å². The van der Waals surface area contributed by atoms with Gasteiger partial charge in [-0.3, -0.25) is 9.69 Å². The molecule has 0 aliphatic carbocycles. The second-order valence-corrected chi connectivity index (χ2v) is 9.64. The Kier molecular flexibility index (Phi) is 7.02. The summed E-state index contributed by atoms with van der Waals surface area (Å²) in [5, 5.41) is 0. The van der Waals surface area contributed by atoms with Crippen molar-refractivity contribution < 1.29 is 9.53 Å². The smallest absolute Gasteiger partial charge is 0.252 e. The molecule has 182 valence electrons. The van der Waals surface area contributed by atoms with Crippen LogP contribution in [0.3, 0.4) is 0 Å². The topological polar surface area (TPSA) is 62.0 Å². The van der Waals surface area contributed by atoms with Crippen LogP contribution in [-0.2, 0) is 19.5 Å². The minimum Gasteiger partial charge on any atom is -0.491 e. The normalized spacial score (nSPS) is 18.2. The number of anilines is 1. The maximum Gasteiger partial charge on any atom is 0.252 e. The average Bonchev–Trinajstić information content (AvgIpc) is 2.89. The predicted octanol–water partition coefficient (Wildman–Crippen LogP) is 3.54. The molecular formula is C29H34N4O2. The average molecular weight is 471 g/mol. The second-order valence-electron chi connectivity index (χ2n) is 9.64. The van der Waals surface area contributed by atoms with Gasteiger partial charge in [-0.15, -0.1) is 0 Å². The van der Waals surface area contributed by atoms with E-state index in [1.807, 2.05) is 6.07 Å². The van der Waals surface area contributed by atoms with Crippen molar-refractivity contribution in [3.8, 4) is 5.75 Å². The van der Waals surface area contributed by atoms with E-state index in [0.29, 0.717) is 17.9 Å². The van der Waals surface area contributed by atoms with Crippen LogP contribution < -0.4 is 15.4 Å². The lowest BCUT2D eigenvalue weighted by atomic mass is 9.94. The summed E-state index contributed by atoms with van der Waals surface area (Å²) in [5.41, 5.74) is 11.0. The van der Waals surface area contributed by atoms with Crippen LogP contribution in [0.2, 0.25) is 0 Å². The Bertz CT molecular complexity index is 1100. The van der Waals surface area contributed by atoms with Crippen LogP contribution in [0.5, 0.6) is 5.75 Å². The number of rotatable bonds is 7. The molecule has 0 aromatic heterocycles. The largest absolute Gasteiger partial charge is 0.491 e. The van der Waals surface area contributed by atoms with Gasteiger partial charge < -0.3 is 20.3 Å². The van der Waals surface area contributed by atoms with E-state index in [1.165, 1.54) is 16.8 Å². The Balaban J connectivity index is 1.47. The standard InChI is InChI=1S/C29H34N4O2/c1-31-14-16-32(17-15-31)27-13-12-25(29(30)34)28-26(27)18-24(21-35-28)33(19-22-8-4-2-5-9-22)20-23-10-6-3-7-11-23/h2-13,24H,14-21H2,1H3,(H2,30,34)/t24-/m0/s1. The summed E-state index contributed by atoms with van der Waals surface area (Å²) >= 11 is 0. The van der Waals surface area contributed by atoms with E-state index in [2.05, 4.69) is 88.5 Å². The molecule has 3 aromatic carbocycles. The zero-order chi connectivity index (χ0) is 24.2. The van der Waals surface area contributed by atoms with E-state index in [9.17, 15) is 4.79 Å². The molecule has 1 amide bonds. The molecule has 2 N–H and O–H groups in total. The van der Waals surface area contributed by atoms with Crippen LogP contribution in [0.25, 0.3) is 0 Å². The monoisotopic (exact) mass is 470 g/mol. The van der Waals surface area contributed by atoms with Crippen LogP contribution in [-0.4, -0.2) is 61.6 Å². The highest BCUT2D eigenvalue weighted by molar-refractivity contribution is 5.97. The highest BCUT2D eigenvalue weighted by atomic mass is 16.5. The minimum atomic E-state index is -0.435. The zero-order valence-corrected chi connectivity index (χ0v) is 20.4. The van der Waals surface area contributed by atoms with Gasteiger partial charge in [0.1, 0.15) is 12.4 Å². The molecule has 35 heavy (non-hydrogen) atoms. The van der Waals surface area contributed by atoms with E-state index in [1.54, 1.807) is 0 Å². The fourth-order valence-corrected chi connectivity index (χ4v) is 5.18. The molecule has 1 saturated heterocycles. The summed E-state index contributed by atoms with van der Waals surface area (Å²) in [6, 6.07) is 25.3. The first kappa shape index (κ1) is 23.4. The molecule has 0 bridgehead atoms. The van der Waals surface area contributed by atoms with Gasteiger partial charge in [-0.1, -0.05) is 60.7 Å². The van der Waals surface area contributed by atoms with Gasteiger partial charge in [-0.05, 0) is 36.7 Å². The fraction of sp³-hybridized carbons (Fsp3) is 0.345. The molecule has 3 aromatic rings. The van der Waals surface area contributed by atoms with Gasteiger partial charge in [-0.2, -0.15) is 0 Å². The summed E-state index contributed by atoms with van der Waals surface area (Å²) in [6.07, 6.45) is 0.817. The summed E-state index contributed by atoms with van der Waals surface area (Å²) in [6.45, 7) is 6.15. The van der Waals surface area contributed by atoms with E-state index in [0.717, 1.165) is 51.3 Å². The third-order valence-corrected chi connectivity index (χ3v) is 7.18. The number of likely N-dealkylation sites (N-methyl/N-ethyl adjacent to an activating group) is 1. The zero-order valence-electron chi connectivity index (χ0n) is 20.4. The van der Waals surface area contributed by atoms with Crippen molar-refractivity contribution in [3.05, 3.63) is 95.1 Å². The first-order chi connectivity index (χ1) is 17.1. The lowest BCUT2D eigenvalue weighted by Gasteiger charge is -2.40. The number of ether oxygens (including phenoxy) is 1. The predicted molar refractivity (Wildman–Crippen MR) is 140 cm³/mol. The maximum atomic E-state index is 12.2. The van der Waals surface area contributed by atoms with Crippen LogP contribution in [0, 0.1) is 0 Å². The van der Waals surface area contributed by atoms with Crippen LogP contribution >= 0.6 is 0 Å². The number of hydrogen-bond donors (Lipinski definition) is 1. The Morgan fingerprint density at radius 2 is 1.51 bits per heavy atom. The van der Waals surface area contributed by atoms with Gasteiger partial charge in [0.05, 0.1) is 5.56 Å². The van der Waals surface area contributed by atoms with Gasteiger partial charge in [0.2, 0.25) is 0 Å². The number of hydrogen-bond acceptors (Lipinski definition) is 5. The number of primary amides is 1. The van der Waals surface area contributed by atoms with Crippen LogP contribution in [0.1, 0.15) is 27.0 Å². The van der Waals surface area contributed by atoms with Crippen molar-refractivity contribution in [2.75, 3.05) is 44.7 Å². The molecule has 2 aliphatic heterocycles. The number of nitrogens with zero attached hydrogens (tertiary/aromatic N) is 3. The summed E-state index contributed by atoms with van der Waals surface area (Å²) in [7, 11) is 2.16. The first-order valence-electron chi connectivity index (χ1n) is 12.4. The number of amides is 1. The van der Waals surface area contributed by atoms with Crippen molar-refractivity contribution in [3.63, 3.8) is 0 Å². The molecule has 1 atom stereocenters. The maximum absolute atomic E-state index is 12.2. The molecule has 1 fully saturated rings. The van der Waals surface area contributed by atoms with Crippen molar-refractivity contribution in [2.24, 2.45) is 5.73 Å². The fourth-order valence-electron chi connectivity index (χ4n) is 5.18. The van der Waals surface area contributed by atoms with Crippen molar-refractivity contribution >= 4 is 11.6 Å². The van der Waals surface area contributed by atoms with Gasteiger partial charge in [-0.25, -0.2) is 0 Å². The van der Waals surface area contributed by atoms with Gasteiger partial charge >= 0.3 is 0 Å². The minimum absolute atomic E-state index is 0.178. The Morgan fingerprint density at radius 3 is 2.09 bits per heavy atom.